The van der Waals surface area contributed by atoms with Crippen molar-refractivity contribution in [3.8, 4) is 0 Å². The highest BCUT2D eigenvalue weighted by Gasteiger charge is 2.22. The van der Waals surface area contributed by atoms with E-state index in [0.29, 0.717) is 6.10 Å². The van der Waals surface area contributed by atoms with Gasteiger partial charge in [0.25, 0.3) is 0 Å². The van der Waals surface area contributed by atoms with Gasteiger partial charge in [0.2, 0.25) is 0 Å². The molecule has 0 aromatic carbocycles. The SMILES string of the molecule is CCNC(=NCCN1CCCCC1C)N1CCC(OCC)CC1.I. The Hall–Kier alpha value is -0.0800. The second-order valence-electron chi connectivity index (χ2n) is 6.76. The third-order valence-corrected chi connectivity index (χ3v) is 5.07. The molecular weight excluding hydrogens is 415 g/mol. The molecule has 6 heteroatoms. The summed E-state index contributed by atoms with van der Waals surface area (Å²) < 4.78 is 5.75. The number of aliphatic imine (C=N–C) groups is 1. The lowest BCUT2D eigenvalue weighted by molar-refractivity contribution is 0.0263. The predicted octanol–water partition coefficient (Wildman–Crippen LogP) is 2.95. The van der Waals surface area contributed by atoms with Crippen LogP contribution in [-0.2, 0) is 4.74 Å². The van der Waals surface area contributed by atoms with E-state index in [1.807, 2.05) is 0 Å². The van der Waals surface area contributed by atoms with Crippen molar-refractivity contribution in [3.05, 3.63) is 0 Å². The number of rotatable bonds is 6. The van der Waals surface area contributed by atoms with Gasteiger partial charge < -0.3 is 15.0 Å². The molecule has 24 heavy (non-hydrogen) atoms. The molecule has 142 valence electrons. The largest absolute Gasteiger partial charge is 0.378 e. The molecule has 2 aliphatic heterocycles. The summed E-state index contributed by atoms with van der Waals surface area (Å²) in [5, 5.41) is 3.46. The van der Waals surface area contributed by atoms with Crippen LogP contribution in [0.5, 0.6) is 0 Å². The van der Waals surface area contributed by atoms with Gasteiger partial charge in [0.05, 0.1) is 12.6 Å². The zero-order valence-corrected chi connectivity index (χ0v) is 18.1. The van der Waals surface area contributed by atoms with Crippen LogP contribution in [0.4, 0.5) is 0 Å². The minimum Gasteiger partial charge on any atom is -0.378 e. The fourth-order valence-electron chi connectivity index (χ4n) is 3.67. The summed E-state index contributed by atoms with van der Waals surface area (Å²) in [4.78, 5) is 9.88. The fourth-order valence-corrected chi connectivity index (χ4v) is 3.67. The second-order valence-corrected chi connectivity index (χ2v) is 6.76. The van der Waals surface area contributed by atoms with Crippen molar-refractivity contribution in [2.75, 3.05) is 45.9 Å². The monoisotopic (exact) mass is 452 g/mol. The maximum Gasteiger partial charge on any atom is 0.193 e. The summed E-state index contributed by atoms with van der Waals surface area (Å²) in [5.41, 5.74) is 0. The standard InChI is InChI=1S/C18H36N4O.HI/c1-4-19-18(22-13-9-17(10-14-22)23-5-2)20-11-15-21-12-7-6-8-16(21)3;/h16-17H,4-15H2,1-3H3,(H,19,20);1H. The first-order valence-corrected chi connectivity index (χ1v) is 9.63. The molecule has 5 nitrogen and oxygen atoms in total. The lowest BCUT2D eigenvalue weighted by Gasteiger charge is -2.35. The molecule has 0 aromatic rings. The molecule has 0 aromatic heterocycles. The average molecular weight is 452 g/mol. The van der Waals surface area contributed by atoms with Gasteiger partial charge in [-0.2, -0.15) is 0 Å². The number of halogens is 1. The quantitative estimate of drug-likeness (QED) is 0.382. The minimum atomic E-state index is 0. The zero-order chi connectivity index (χ0) is 16.5. The van der Waals surface area contributed by atoms with Gasteiger partial charge in [-0.3, -0.25) is 9.89 Å². The van der Waals surface area contributed by atoms with Crippen molar-refractivity contribution in [3.63, 3.8) is 0 Å². The summed E-state index contributed by atoms with van der Waals surface area (Å²) in [7, 11) is 0. The van der Waals surface area contributed by atoms with Gasteiger partial charge in [0.15, 0.2) is 5.96 Å². The van der Waals surface area contributed by atoms with E-state index in [0.717, 1.165) is 64.2 Å². The van der Waals surface area contributed by atoms with Crippen LogP contribution in [0.15, 0.2) is 4.99 Å². The number of ether oxygens (including phenoxy) is 1. The molecular formula is C18H37IN4O. The number of hydrogen-bond acceptors (Lipinski definition) is 3. The van der Waals surface area contributed by atoms with Crippen molar-refractivity contribution in [2.24, 2.45) is 4.99 Å². The molecule has 1 atom stereocenters. The maximum atomic E-state index is 5.75. The van der Waals surface area contributed by atoms with E-state index in [-0.39, 0.29) is 24.0 Å². The lowest BCUT2D eigenvalue weighted by Crippen LogP contribution is -2.47. The van der Waals surface area contributed by atoms with Crippen molar-refractivity contribution in [2.45, 2.75) is 65.0 Å². The number of guanidine groups is 1. The number of piperidine rings is 2. The Morgan fingerprint density at radius 2 is 1.88 bits per heavy atom. The molecule has 2 rings (SSSR count). The van der Waals surface area contributed by atoms with Crippen LogP contribution in [0, 0.1) is 0 Å². The second kappa shape index (κ2) is 12.3. The summed E-state index contributed by atoms with van der Waals surface area (Å²) >= 11 is 0. The Balaban J connectivity index is 0.00000288. The van der Waals surface area contributed by atoms with Gasteiger partial charge in [0.1, 0.15) is 0 Å². The molecule has 1 unspecified atom stereocenters. The number of nitrogens with zero attached hydrogens (tertiary/aromatic N) is 3. The molecule has 0 aliphatic carbocycles. The van der Waals surface area contributed by atoms with E-state index < -0.39 is 0 Å². The number of likely N-dealkylation sites (tertiary alicyclic amines) is 2. The van der Waals surface area contributed by atoms with Crippen LogP contribution in [0.25, 0.3) is 0 Å². The fraction of sp³-hybridized carbons (Fsp3) is 0.944. The summed E-state index contributed by atoms with van der Waals surface area (Å²) in [5.74, 6) is 1.09. The topological polar surface area (TPSA) is 40.1 Å². The smallest absolute Gasteiger partial charge is 0.193 e. The van der Waals surface area contributed by atoms with Crippen molar-refractivity contribution < 1.29 is 4.74 Å². The van der Waals surface area contributed by atoms with Crippen LogP contribution in [0.2, 0.25) is 0 Å². The first kappa shape index (κ1) is 22.0. The summed E-state index contributed by atoms with van der Waals surface area (Å²) in [6.07, 6.45) is 6.74. The summed E-state index contributed by atoms with van der Waals surface area (Å²) in [6, 6.07) is 0.725. The van der Waals surface area contributed by atoms with Gasteiger partial charge >= 0.3 is 0 Å². The Morgan fingerprint density at radius 3 is 2.50 bits per heavy atom. The van der Waals surface area contributed by atoms with Gasteiger partial charge in [-0.1, -0.05) is 6.42 Å². The molecule has 2 aliphatic rings. The molecule has 1 N–H and O–H groups in total. The highest BCUT2D eigenvalue weighted by atomic mass is 127. The summed E-state index contributed by atoms with van der Waals surface area (Å²) in [6.45, 7) is 13.7. The normalized spacial score (nSPS) is 23.9. The van der Waals surface area contributed by atoms with Crippen molar-refractivity contribution >= 4 is 29.9 Å². The lowest BCUT2D eigenvalue weighted by atomic mass is 10.0. The van der Waals surface area contributed by atoms with Crippen molar-refractivity contribution in [1.82, 2.24) is 15.1 Å². The van der Waals surface area contributed by atoms with Crippen LogP contribution >= 0.6 is 24.0 Å². The van der Waals surface area contributed by atoms with E-state index in [9.17, 15) is 0 Å². The molecule has 0 saturated carbocycles. The minimum absolute atomic E-state index is 0. The van der Waals surface area contributed by atoms with E-state index in [1.165, 1.54) is 25.8 Å². The van der Waals surface area contributed by atoms with Crippen LogP contribution in [0.3, 0.4) is 0 Å². The van der Waals surface area contributed by atoms with Crippen LogP contribution < -0.4 is 5.32 Å². The first-order valence-electron chi connectivity index (χ1n) is 9.63. The first-order chi connectivity index (χ1) is 11.2. The Bertz CT molecular complexity index is 359. The number of hydrogen-bond donors (Lipinski definition) is 1. The third kappa shape index (κ3) is 7.04. The van der Waals surface area contributed by atoms with E-state index >= 15 is 0 Å². The predicted molar refractivity (Wildman–Crippen MR) is 113 cm³/mol. The molecule has 0 spiro atoms. The third-order valence-electron chi connectivity index (χ3n) is 5.07. The highest BCUT2D eigenvalue weighted by Crippen LogP contribution is 2.16. The van der Waals surface area contributed by atoms with Gasteiger partial charge in [-0.05, 0) is 53.0 Å². The van der Waals surface area contributed by atoms with Crippen LogP contribution in [0.1, 0.15) is 52.9 Å². The van der Waals surface area contributed by atoms with E-state index in [4.69, 9.17) is 9.73 Å². The molecule has 0 bridgehead atoms. The Labute approximate surface area is 165 Å². The number of nitrogens with one attached hydrogen (secondary N) is 1. The Morgan fingerprint density at radius 1 is 1.12 bits per heavy atom. The molecule has 2 saturated heterocycles. The van der Waals surface area contributed by atoms with Gasteiger partial charge in [-0.15, -0.1) is 24.0 Å². The van der Waals surface area contributed by atoms with E-state index in [2.05, 4.69) is 35.9 Å². The Kier molecular flexibility index (Phi) is 11.3. The molecule has 0 amide bonds. The maximum absolute atomic E-state index is 5.75. The highest BCUT2D eigenvalue weighted by molar-refractivity contribution is 14.0. The van der Waals surface area contributed by atoms with Crippen molar-refractivity contribution in [1.29, 1.82) is 0 Å². The van der Waals surface area contributed by atoms with Crippen LogP contribution in [-0.4, -0.2) is 73.8 Å². The molecule has 2 heterocycles. The molecule has 0 radical (unpaired) electrons. The van der Waals surface area contributed by atoms with Gasteiger partial charge in [0, 0.05) is 38.8 Å². The van der Waals surface area contributed by atoms with E-state index in [1.54, 1.807) is 0 Å². The zero-order valence-electron chi connectivity index (χ0n) is 15.8. The van der Waals surface area contributed by atoms with Gasteiger partial charge in [-0.25, -0.2) is 0 Å². The average Bonchev–Trinajstić information content (AvgIpc) is 2.57. The molecule has 2 fully saturated rings.